The van der Waals surface area contributed by atoms with Gasteiger partial charge in [0.15, 0.2) is 0 Å². The number of benzene rings is 1. The summed E-state index contributed by atoms with van der Waals surface area (Å²) in [5, 5.41) is 7.68. The molecule has 0 spiro atoms. The molecule has 0 radical (unpaired) electrons. The Balaban J connectivity index is 1.56. The standard InChI is InChI=1S/C17H13ClN4O2S/c18-12-3-1-11(2-4-12)7-16(23)21-13-5-6-15(19-8-13)22-17(24)14-9-25-10-20-14/h1-6,8-10H,7H2,(H,21,23)(H,19,22,24). The molecule has 0 aliphatic heterocycles. The van der Waals surface area contributed by atoms with Crippen LogP contribution in [0.4, 0.5) is 11.5 Å². The van der Waals surface area contributed by atoms with E-state index >= 15 is 0 Å². The average molecular weight is 373 g/mol. The van der Waals surface area contributed by atoms with Crippen LogP contribution in [0.25, 0.3) is 0 Å². The lowest BCUT2D eigenvalue weighted by atomic mass is 10.1. The van der Waals surface area contributed by atoms with E-state index in [2.05, 4.69) is 20.6 Å². The molecule has 0 aliphatic rings. The Bertz CT molecular complexity index is 865. The molecule has 0 fully saturated rings. The third-order valence-corrected chi connectivity index (χ3v) is 4.07. The Kier molecular flexibility index (Phi) is 5.37. The molecule has 2 heterocycles. The topological polar surface area (TPSA) is 84.0 Å². The number of nitrogens with zero attached hydrogens (tertiary/aromatic N) is 2. The van der Waals surface area contributed by atoms with Gasteiger partial charge in [-0.15, -0.1) is 11.3 Å². The predicted molar refractivity (Wildman–Crippen MR) is 98.1 cm³/mol. The molecule has 25 heavy (non-hydrogen) atoms. The van der Waals surface area contributed by atoms with Gasteiger partial charge in [-0.25, -0.2) is 9.97 Å². The van der Waals surface area contributed by atoms with Crippen LogP contribution in [0.1, 0.15) is 16.1 Å². The average Bonchev–Trinajstić information content (AvgIpc) is 3.13. The van der Waals surface area contributed by atoms with Crippen molar-refractivity contribution in [2.75, 3.05) is 10.6 Å². The molecule has 2 aromatic heterocycles. The van der Waals surface area contributed by atoms with Crippen molar-refractivity contribution in [1.29, 1.82) is 0 Å². The minimum absolute atomic E-state index is 0.164. The molecule has 8 heteroatoms. The zero-order valence-electron chi connectivity index (χ0n) is 12.9. The van der Waals surface area contributed by atoms with E-state index in [1.165, 1.54) is 17.5 Å². The third-order valence-electron chi connectivity index (χ3n) is 3.23. The molecule has 0 saturated heterocycles. The maximum absolute atomic E-state index is 12.0. The zero-order chi connectivity index (χ0) is 17.6. The third kappa shape index (κ3) is 4.85. The number of thiazole rings is 1. The van der Waals surface area contributed by atoms with Crippen molar-refractivity contribution in [3.63, 3.8) is 0 Å². The number of hydrogen-bond acceptors (Lipinski definition) is 5. The van der Waals surface area contributed by atoms with E-state index < -0.39 is 0 Å². The Morgan fingerprint density at radius 3 is 2.48 bits per heavy atom. The van der Waals surface area contributed by atoms with Gasteiger partial charge in [0.25, 0.3) is 5.91 Å². The van der Waals surface area contributed by atoms with Crippen LogP contribution in [0.15, 0.2) is 53.5 Å². The largest absolute Gasteiger partial charge is 0.324 e. The fraction of sp³-hybridized carbons (Fsp3) is 0.0588. The van der Waals surface area contributed by atoms with Crippen molar-refractivity contribution >= 4 is 46.3 Å². The van der Waals surface area contributed by atoms with Gasteiger partial charge in [-0.1, -0.05) is 23.7 Å². The lowest BCUT2D eigenvalue weighted by Gasteiger charge is -2.07. The quantitative estimate of drug-likeness (QED) is 0.716. The van der Waals surface area contributed by atoms with E-state index in [9.17, 15) is 9.59 Å². The van der Waals surface area contributed by atoms with Crippen molar-refractivity contribution < 1.29 is 9.59 Å². The molecule has 3 aromatic rings. The van der Waals surface area contributed by atoms with Crippen molar-refractivity contribution in [3.8, 4) is 0 Å². The highest BCUT2D eigenvalue weighted by Gasteiger charge is 2.09. The summed E-state index contributed by atoms with van der Waals surface area (Å²) in [6.45, 7) is 0. The summed E-state index contributed by atoms with van der Waals surface area (Å²) in [7, 11) is 0. The van der Waals surface area contributed by atoms with Crippen LogP contribution in [-0.4, -0.2) is 21.8 Å². The fourth-order valence-electron chi connectivity index (χ4n) is 2.04. The van der Waals surface area contributed by atoms with Gasteiger partial charge in [-0.05, 0) is 29.8 Å². The van der Waals surface area contributed by atoms with Crippen molar-refractivity contribution in [2.45, 2.75) is 6.42 Å². The Morgan fingerprint density at radius 1 is 1.04 bits per heavy atom. The summed E-state index contributed by atoms with van der Waals surface area (Å²) in [4.78, 5) is 32.0. The summed E-state index contributed by atoms with van der Waals surface area (Å²) in [5.41, 5.74) is 3.33. The molecule has 6 nitrogen and oxygen atoms in total. The van der Waals surface area contributed by atoms with Gasteiger partial charge in [0.1, 0.15) is 11.5 Å². The van der Waals surface area contributed by atoms with Gasteiger partial charge in [-0.2, -0.15) is 0 Å². The number of amides is 2. The highest BCUT2D eigenvalue weighted by molar-refractivity contribution is 7.07. The highest BCUT2D eigenvalue weighted by atomic mass is 35.5. The first-order chi connectivity index (χ1) is 12.1. The van der Waals surface area contributed by atoms with Gasteiger partial charge in [-0.3, -0.25) is 9.59 Å². The van der Waals surface area contributed by atoms with Gasteiger partial charge < -0.3 is 10.6 Å². The number of hydrogen-bond donors (Lipinski definition) is 2. The van der Waals surface area contributed by atoms with E-state index in [4.69, 9.17) is 11.6 Å². The highest BCUT2D eigenvalue weighted by Crippen LogP contribution is 2.13. The van der Waals surface area contributed by atoms with Crippen LogP contribution in [0, 0.1) is 0 Å². The molecule has 0 atom stereocenters. The van der Waals surface area contributed by atoms with Gasteiger partial charge in [0, 0.05) is 10.4 Å². The molecule has 126 valence electrons. The molecular formula is C17H13ClN4O2S. The van der Waals surface area contributed by atoms with E-state index in [1.807, 2.05) is 0 Å². The lowest BCUT2D eigenvalue weighted by molar-refractivity contribution is -0.115. The Morgan fingerprint density at radius 2 is 1.84 bits per heavy atom. The zero-order valence-corrected chi connectivity index (χ0v) is 14.5. The normalized spacial score (nSPS) is 10.3. The second-order valence-electron chi connectivity index (χ2n) is 5.11. The van der Waals surface area contributed by atoms with Crippen molar-refractivity contribution in [2.24, 2.45) is 0 Å². The maximum atomic E-state index is 12.0. The molecule has 1 aromatic carbocycles. The molecule has 0 aliphatic carbocycles. The predicted octanol–water partition coefficient (Wildman–Crippen LogP) is 3.63. The lowest BCUT2D eigenvalue weighted by Crippen LogP contribution is -2.15. The fourth-order valence-corrected chi connectivity index (χ4v) is 2.70. The molecular weight excluding hydrogens is 360 g/mol. The minimum atomic E-state index is -0.326. The van der Waals surface area contributed by atoms with Crippen LogP contribution >= 0.6 is 22.9 Å². The summed E-state index contributed by atoms with van der Waals surface area (Å²) in [5.74, 6) is -0.106. The molecule has 0 bridgehead atoms. The molecule has 3 rings (SSSR count). The van der Waals surface area contributed by atoms with E-state index in [0.29, 0.717) is 22.2 Å². The van der Waals surface area contributed by atoms with Crippen LogP contribution in [0.3, 0.4) is 0 Å². The van der Waals surface area contributed by atoms with Crippen LogP contribution < -0.4 is 10.6 Å². The van der Waals surface area contributed by atoms with Crippen LogP contribution in [0.5, 0.6) is 0 Å². The number of carbonyl (C=O) groups excluding carboxylic acids is 2. The first kappa shape index (κ1) is 17.1. The van der Waals surface area contributed by atoms with Gasteiger partial charge >= 0.3 is 0 Å². The second kappa shape index (κ2) is 7.87. The number of aromatic nitrogens is 2. The van der Waals surface area contributed by atoms with Crippen molar-refractivity contribution in [1.82, 2.24) is 9.97 Å². The molecule has 2 N–H and O–H groups in total. The number of carbonyl (C=O) groups is 2. The monoisotopic (exact) mass is 372 g/mol. The number of nitrogens with one attached hydrogen (secondary N) is 2. The Hall–Kier alpha value is -2.77. The van der Waals surface area contributed by atoms with E-state index in [-0.39, 0.29) is 18.2 Å². The summed E-state index contributed by atoms with van der Waals surface area (Å²) in [6, 6.07) is 10.4. The van der Waals surface area contributed by atoms with Crippen molar-refractivity contribution in [3.05, 3.63) is 69.8 Å². The maximum Gasteiger partial charge on any atom is 0.276 e. The van der Waals surface area contributed by atoms with E-state index in [1.54, 1.807) is 47.3 Å². The first-order valence-corrected chi connectivity index (χ1v) is 8.62. The smallest absolute Gasteiger partial charge is 0.276 e. The van der Waals surface area contributed by atoms with Crippen LogP contribution in [-0.2, 0) is 11.2 Å². The molecule has 2 amide bonds. The van der Waals surface area contributed by atoms with E-state index in [0.717, 1.165) is 5.56 Å². The minimum Gasteiger partial charge on any atom is -0.324 e. The summed E-state index contributed by atoms with van der Waals surface area (Å²) in [6.07, 6.45) is 1.72. The SMILES string of the molecule is O=C(Cc1ccc(Cl)cc1)Nc1ccc(NC(=O)c2cscn2)nc1. The van der Waals surface area contributed by atoms with Gasteiger partial charge in [0.05, 0.1) is 23.8 Å². The Labute approximate surface area is 152 Å². The second-order valence-corrected chi connectivity index (χ2v) is 6.27. The van der Waals surface area contributed by atoms with Crippen LogP contribution in [0.2, 0.25) is 5.02 Å². The number of pyridine rings is 1. The molecule has 0 saturated carbocycles. The van der Waals surface area contributed by atoms with Gasteiger partial charge in [0.2, 0.25) is 5.91 Å². The number of rotatable bonds is 5. The number of halogens is 1. The molecule has 0 unspecified atom stereocenters. The number of anilines is 2. The summed E-state index contributed by atoms with van der Waals surface area (Å²) >= 11 is 7.16. The first-order valence-electron chi connectivity index (χ1n) is 7.30. The summed E-state index contributed by atoms with van der Waals surface area (Å²) < 4.78 is 0.